The van der Waals surface area contributed by atoms with Crippen LogP contribution in [0.4, 0.5) is 5.69 Å². The van der Waals surface area contributed by atoms with Crippen LogP contribution in [0.25, 0.3) is 0 Å². The third-order valence-corrected chi connectivity index (χ3v) is 4.81. The molecule has 1 aromatic rings. The molecule has 1 aromatic carbocycles. The molecule has 9 heteroatoms. The molecule has 0 radical (unpaired) electrons. The number of amides is 1. The van der Waals surface area contributed by atoms with Gasteiger partial charge in [-0.1, -0.05) is 11.6 Å². The van der Waals surface area contributed by atoms with Crippen LogP contribution in [-0.2, 0) is 14.8 Å². The van der Waals surface area contributed by atoms with E-state index in [1.165, 1.54) is 32.2 Å². The van der Waals surface area contributed by atoms with Gasteiger partial charge < -0.3 is 10.4 Å². The van der Waals surface area contributed by atoms with E-state index in [2.05, 4.69) is 5.32 Å². The monoisotopic (exact) mass is 334 g/mol. The van der Waals surface area contributed by atoms with Crippen LogP contribution in [0, 0.1) is 0 Å². The van der Waals surface area contributed by atoms with E-state index in [1.54, 1.807) is 0 Å². The number of rotatable bonds is 6. The highest BCUT2D eigenvalue weighted by Crippen LogP contribution is 2.21. The van der Waals surface area contributed by atoms with Gasteiger partial charge in [0.15, 0.2) is 0 Å². The molecule has 0 aromatic heterocycles. The van der Waals surface area contributed by atoms with Crippen molar-refractivity contribution in [2.24, 2.45) is 0 Å². The maximum absolute atomic E-state index is 11.7. The normalized spacial score (nSPS) is 11.4. The van der Waals surface area contributed by atoms with E-state index in [0.29, 0.717) is 0 Å². The van der Waals surface area contributed by atoms with Crippen molar-refractivity contribution in [1.82, 2.24) is 4.31 Å². The fourth-order valence-electron chi connectivity index (χ4n) is 1.49. The number of benzene rings is 1. The number of aromatic carboxylic acids is 1. The minimum absolute atomic E-state index is 0.0187. The molecule has 116 valence electrons. The van der Waals surface area contributed by atoms with Gasteiger partial charge in [0.1, 0.15) is 0 Å². The van der Waals surface area contributed by atoms with Gasteiger partial charge in [0.2, 0.25) is 15.9 Å². The lowest BCUT2D eigenvalue weighted by molar-refractivity contribution is -0.116. The molecule has 1 amide bonds. The molecular formula is C12H15ClN2O5S. The second-order valence-corrected chi connectivity index (χ2v) is 6.98. The number of hydrogen-bond donors (Lipinski definition) is 2. The van der Waals surface area contributed by atoms with E-state index in [4.69, 9.17) is 16.7 Å². The van der Waals surface area contributed by atoms with E-state index < -0.39 is 21.9 Å². The molecule has 0 atom stereocenters. The SMILES string of the molecule is CCS(=O)(=O)N(C)CC(=O)Nc1ccc(C(=O)O)c(Cl)c1. The number of sulfonamides is 1. The summed E-state index contributed by atoms with van der Waals surface area (Å²) in [5.74, 6) is -1.82. The lowest BCUT2D eigenvalue weighted by Gasteiger charge is -2.15. The fourth-order valence-corrected chi connectivity index (χ4v) is 2.50. The summed E-state index contributed by atoms with van der Waals surface area (Å²) in [6.07, 6.45) is 0. The van der Waals surface area contributed by atoms with Gasteiger partial charge in [0.05, 0.1) is 22.9 Å². The Morgan fingerprint density at radius 1 is 1.38 bits per heavy atom. The molecule has 0 bridgehead atoms. The summed E-state index contributed by atoms with van der Waals surface area (Å²) in [7, 11) is -2.14. The van der Waals surface area contributed by atoms with E-state index in [0.717, 1.165) is 4.31 Å². The van der Waals surface area contributed by atoms with Crippen molar-refractivity contribution in [3.8, 4) is 0 Å². The van der Waals surface area contributed by atoms with Crippen LogP contribution in [0.1, 0.15) is 17.3 Å². The van der Waals surface area contributed by atoms with Gasteiger partial charge in [-0.15, -0.1) is 0 Å². The van der Waals surface area contributed by atoms with Gasteiger partial charge in [-0.2, -0.15) is 4.31 Å². The molecule has 7 nitrogen and oxygen atoms in total. The van der Waals surface area contributed by atoms with Gasteiger partial charge in [0.25, 0.3) is 0 Å². The van der Waals surface area contributed by atoms with Crippen molar-refractivity contribution in [2.75, 3.05) is 24.7 Å². The summed E-state index contributed by atoms with van der Waals surface area (Å²) < 4.78 is 24.0. The maximum atomic E-state index is 11.7. The van der Waals surface area contributed by atoms with Crippen molar-refractivity contribution in [2.45, 2.75) is 6.92 Å². The Balaban J connectivity index is 2.76. The second kappa shape index (κ2) is 6.88. The summed E-state index contributed by atoms with van der Waals surface area (Å²) in [5.41, 5.74) is 0.206. The molecule has 0 unspecified atom stereocenters. The predicted molar refractivity (Wildman–Crippen MR) is 79.1 cm³/mol. The van der Waals surface area contributed by atoms with Crippen LogP contribution in [-0.4, -0.2) is 49.1 Å². The molecule has 0 saturated carbocycles. The van der Waals surface area contributed by atoms with Crippen LogP contribution in [0.3, 0.4) is 0 Å². The molecule has 1 rings (SSSR count). The van der Waals surface area contributed by atoms with Crippen LogP contribution in [0.15, 0.2) is 18.2 Å². The van der Waals surface area contributed by atoms with Crippen molar-refractivity contribution >= 4 is 39.2 Å². The van der Waals surface area contributed by atoms with Gasteiger partial charge in [-0.3, -0.25) is 4.79 Å². The fraction of sp³-hybridized carbons (Fsp3) is 0.333. The minimum atomic E-state index is -3.44. The zero-order valence-corrected chi connectivity index (χ0v) is 13.0. The number of halogens is 1. The van der Waals surface area contributed by atoms with E-state index in [-0.39, 0.29) is 28.6 Å². The molecule has 0 aliphatic carbocycles. The molecule has 0 heterocycles. The molecule has 0 fully saturated rings. The predicted octanol–water partition coefficient (Wildman–Crippen LogP) is 1.26. The number of nitrogens with zero attached hydrogens (tertiary/aromatic N) is 1. The maximum Gasteiger partial charge on any atom is 0.337 e. The third-order valence-electron chi connectivity index (χ3n) is 2.69. The summed E-state index contributed by atoms with van der Waals surface area (Å²) in [4.78, 5) is 22.5. The first-order valence-electron chi connectivity index (χ1n) is 5.94. The quantitative estimate of drug-likeness (QED) is 0.815. The van der Waals surface area contributed by atoms with E-state index in [9.17, 15) is 18.0 Å². The topological polar surface area (TPSA) is 104 Å². The number of nitrogens with one attached hydrogen (secondary N) is 1. The average molecular weight is 335 g/mol. The Labute approximate surface area is 127 Å². The van der Waals surface area contributed by atoms with Crippen molar-refractivity contribution < 1.29 is 23.1 Å². The third kappa shape index (κ3) is 4.69. The Hall–Kier alpha value is -1.64. The van der Waals surface area contributed by atoms with Crippen LogP contribution in [0.5, 0.6) is 0 Å². The number of carbonyl (C=O) groups excluding carboxylic acids is 1. The molecule has 0 saturated heterocycles. The highest BCUT2D eigenvalue weighted by Gasteiger charge is 2.18. The molecule has 2 N–H and O–H groups in total. The number of hydrogen-bond acceptors (Lipinski definition) is 4. The summed E-state index contributed by atoms with van der Waals surface area (Å²) in [5, 5.41) is 11.3. The minimum Gasteiger partial charge on any atom is -0.478 e. The zero-order valence-electron chi connectivity index (χ0n) is 11.5. The van der Waals surface area contributed by atoms with Crippen LogP contribution >= 0.6 is 11.6 Å². The number of anilines is 1. The smallest absolute Gasteiger partial charge is 0.337 e. The van der Waals surface area contributed by atoms with E-state index in [1.807, 2.05) is 0 Å². The van der Waals surface area contributed by atoms with Crippen molar-refractivity contribution in [3.63, 3.8) is 0 Å². The highest BCUT2D eigenvalue weighted by molar-refractivity contribution is 7.89. The summed E-state index contributed by atoms with van der Waals surface area (Å²) >= 11 is 5.77. The molecule has 0 aliphatic rings. The largest absolute Gasteiger partial charge is 0.478 e. The van der Waals surface area contributed by atoms with E-state index >= 15 is 0 Å². The van der Waals surface area contributed by atoms with Gasteiger partial charge in [0, 0.05) is 12.7 Å². The van der Waals surface area contributed by atoms with Gasteiger partial charge in [-0.05, 0) is 25.1 Å². The average Bonchev–Trinajstić information content (AvgIpc) is 2.37. The van der Waals surface area contributed by atoms with Crippen LogP contribution < -0.4 is 5.32 Å². The van der Waals surface area contributed by atoms with Crippen molar-refractivity contribution in [1.29, 1.82) is 0 Å². The van der Waals surface area contributed by atoms with Gasteiger partial charge in [-0.25, -0.2) is 13.2 Å². The number of carboxylic acid groups (broad SMARTS) is 1. The lowest BCUT2D eigenvalue weighted by atomic mass is 10.2. The van der Waals surface area contributed by atoms with Crippen molar-refractivity contribution in [3.05, 3.63) is 28.8 Å². The Morgan fingerprint density at radius 3 is 2.48 bits per heavy atom. The number of carbonyl (C=O) groups is 2. The summed E-state index contributed by atoms with van der Waals surface area (Å²) in [6.45, 7) is 1.14. The number of carboxylic acids is 1. The first kappa shape index (κ1) is 17.4. The molecule has 21 heavy (non-hydrogen) atoms. The standard InChI is InChI=1S/C12H15ClN2O5S/c1-3-21(19,20)15(2)7-11(16)14-8-4-5-9(12(17)18)10(13)6-8/h4-6H,3,7H2,1-2H3,(H,14,16)(H,17,18). The first-order chi connectivity index (χ1) is 9.67. The molecule has 0 spiro atoms. The zero-order chi connectivity index (χ0) is 16.2. The van der Waals surface area contributed by atoms with Crippen LogP contribution in [0.2, 0.25) is 5.02 Å². The number of likely N-dealkylation sites (N-methyl/N-ethyl adjacent to an activating group) is 1. The Morgan fingerprint density at radius 2 is 2.00 bits per heavy atom. The molecule has 0 aliphatic heterocycles. The Kier molecular flexibility index (Phi) is 5.70. The lowest BCUT2D eigenvalue weighted by Crippen LogP contribution is -2.35. The first-order valence-corrected chi connectivity index (χ1v) is 7.92. The highest BCUT2D eigenvalue weighted by atomic mass is 35.5. The second-order valence-electron chi connectivity index (χ2n) is 4.20. The summed E-state index contributed by atoms with van der Waals surface area (Å²) in [6, 6.07) is 3.92. The Bertz CT molecular complexity index is 660. The molecular weight excluding hydrogens is 320 g/mol. The van der Waals surface area contributed by atoms with Gasteiger partial charge >= 0.3 is 5.97 Å².